The van der Waals surface area contributed by atoms with E-state index < -0.39 is 0 Å². The maximum absolute atomic E-state index is 13.6. The van der Waals surface area contributed by atoms with E-state index in [4.69, 9.17) is 9.47 Å². The van der Waals surface area contributed by atoms with Gasteiger partial charge in [-0.3, -0.25) is 9.69 Å². The Labute approximate surface area is 196 Å². The van der Waals surface area contributed by atoms with Crippen molar-refractivity contribution in [3.8, 4) is 11.5 Å². The molecule has 0 saturated carbocycles. The summed E-state index contributed by atoms with van der Waals surface area (Å²) in [5, 5.41) is 0. The van der Waals surface area contributed by atoms with Crippen LogP contribution in [0.5, 0.6) is 11.5 Å². The van der Waals surface area contributed by atoms with Gasteiger partial charge in [-0.05, 0) is 62.2 Å². The molecule has 0 bridgehead atoms. The number of para-hydroxylation sites is 1. The summed E-state index contributed by atoms with van der Waals surface area (Å²) in [7, 11) is 3.37. The van der Waals surface area contributed by atoms with Gasteiger partial charge in [-0.25, -0.2) is 0 Å². The van der Waals surface area contributed by atoms with Gasteiger partial charge in [-0.1, -0.05) is 35.9 Å². The molecule has 5 heteroatoms. The Morgan fingerprint density at radius 1 is 0.909 bits per heavy atom. The summed E-state index contributed by atoms with van der Waals surface area (Å²) >= 11 is 0. The largest absolute Gasteiger partial charge is 0.497 e. The van der Waals surface area contributed by atoms with Crippen LogP contribution in [0.3, 0.4) is 0 Å². The van der Waals surface area contributed by atoms with Gasteiger partial charge >= 0.3 is 0 Å². The van der Waals surface area contributed by atoms with E-state index in [1.165, 1.54) is 5.56 Å². The molecule has 1 heterocycles. The molecule has 172 valence electrons. The summed E-state index contributed by atoms with van der Waals surface area (Å²) < 4.78 is 10.8. The highest BCUT2D eigenvalue weighted by Gasteiger charge is 2.30. The number of hydrogen-bond acceptors (Lipinski definition) is 4. The van der Waals surface area contributed by atoms with Crippen LogP contribution >= 0.6 is 0 Å². The van der Waals surface area contributed by atoms with Crippen molar-refractivity contribution in [2.45, 2.75) is 32.4 Å². The Hall–Kier alpha value is -3.31. The Morgan fingerprint density at radius 2 is 1.58 bits per heavy atom. The highest BCUT2D eigenvalue weighted by atomic mass is 16.5. The third-order valence-corrected chi connectivity index (χ3v) is 6.38. The number of methoxy groups -OCH3 is 2. The highest BCUT2D eigenvalue weighted by molar-refractivity contribution is 6.06. The van der Waals surface area contributed by atoms with Crippen LogP contribution in [0.2, 0.25) is 0 Å². The van der Waals surface area contributed by atoms with Crippen molar-refractivity contribution < 1.29 is 14.3 Å². The predicted molar refractivity (Wildman–Crippen MR) is 132 cm³/mol. The van der Waals surface area contributed by atoms with Gasteiger partial charge in [-0.2, -0.15) is 0 Å². The number of anilines is 1. The highest BCUT2D eigenvalue weighted by Crippen LogP contribution is 2.29. The second-order valence-electron chi connectivity index (χ2n) is 8.56. The molecular formula is C28H32N2O3. The molecular weight excluding hydrogens is 412 g/mol. The van der Waals surface area contributed by atoms with E-state index in [-0.39, 0.29) is 11.9 Å². The van der Waals surface area contributed by atoms with Crippen molar-refractivity contribution in [2.24, 2.45) is 0 Å². The van der Waals surface area contributed by atoms with Crippen molar-refractivity contribution >= 4 is 11.6 Å². The van der Waals surface area contributed by atoms with Crippen LogP contribution in [-0.2, 0) is 6.54 Å². The summed E-state index contributed by atoms with van der Waals surface area (Å²) in [6, 6.07) is 23.9. The number of benzene rings is 3. The van der Waals surface area contributed by atoms with Crippen LogP contribution in [0.1, 0.15) is 34.3 Å². The number of carbonyl (C=O) groups is 1. The zero-order valence-electron chi connectivity index (χ0n) is 19.7. The average molecular weight is 445 g/mol. The number of nitrogens with zero attached hydrogens (tertiary/aromatic N) is 2. The number of likely N-dealkylation sites (tertiary alicyclic amines) is 1. The first-order valence-electron chi connectivity index (χ1n) is 11.5. The summed E-state index contributed by atoms with van der Waals surface area (Å²) in [5.41, 5.74) is 3.96. The Kier molecular flexibility index (Phi) is 7.30. The molecule has 0 radical (unpaired) electrons. The normalized spacial score (nSPS) is 14.6. The number of aryl methyl sites for hydroxylation is 1. The number of carbonyl (C=O) groups excluding carboxylic acids is 1. The lowest BCUT2D eigenvalue weighted by atomic mass is 9.99. The lowest BCUT2D eigenvalue weighted by molar-refractivity contribution is 0.0958. The molecule has 1 fully saturated rings. The fourth-order valence-corrected chi connectivity index (χ4v) is 4.48. The molecule has 5 nitrogen and oxygen atoms in total. The smallest absolute Gasteiger partial charge is 0.258 e. The van der Waals surface area contributed by atoms with Gasteiger partial charge in [0.15, 0.2) is 0 Å². The Balaban J connectivity index is 1.52. The van der Waals surface area contributed by atoms with Crippen molar-refractivity contribution in [2.75, 3.05) is 32.2 Å². The zero-order valence-corrected chi connectivity index (χ0v) is 19.7. The maximum Gasteiger partial charge on any atom is 0.258 e. The lowest BCUT2D eigenvalue weighted by Gasteiger charge is -2.39. The second kappa shape index (κ2) is 10.5. The Bertz CT molecular complexity index is 1060. The van der Waals surface area contributed by atoms with Crippen LogP contribution in [0.15, 0.2) is 72.8 Å². The van der Waals surface area contributed by atoms with Crippen LogP contribution in [0.4, 0.5) is 5.69 Å². The first-order chi connectivity index (χ1) is 16.1. The molecule has 1 saturated heterocycles. The van der Waals surface area contributed by atoms with Gasteiger partial charge in [-0.15, -0.1) is 0 Å². The van der Waals surface area contributed by atoms with Gasteiger partial charge in [0.2, 0.25) is 0 Å². The van der Waals surface area contributed by atoms with Gasteiger partial charge in [0.25, 0.3) is 5.91 Å². The summed E-state index contributed by atoms with van der Waals surface area (Å²) in [5.74, 6) is 1.76. The average Bonchev–Trinajstić information content (AvgIpc) is 2.86. The SMILES string of the molecule is COc1ccc(N(C(=O)c2ccc(C)cc2)C2CCN(Cc3ccccc3OC)CC2)cc1. The van der Waals surface area contributed by atoms with Crippen LogP contribution < -0.4 is 14.4 Å². The molecule has 0 aromatic heterocycles. The van der Waals surface area contributed by atoms with Crippen molar-refractivity contribution in [1.29, 1.82) is 0 Å². The number of ether oxygens (including phenoxy) is 2. The van der Waals surface area contributed by atoms with E-state index in [9.17, 15) is 4.79 Å². The molecule has 0 spiro atoms. The maximum atomic E-state index is 13.6. The zero-order chi connectivity index (χ0) is 23.2. The number of piperidine rings is 1. The molecule has 0 N–H and O–H groups in total. The first kappa shape index (κ1) is 22.9. The van der Waals surface area contributed by atoms with Crippen molar-refractivity contribution in [3.63, 3.8) is 0 Å². The number of hydrogen-bond donors (Lipinski definition) is 0. The first-order valence-corrected chi connectivity index (χ1v) is 11.5. The number of amides is 1. The molecule has 1 aliphatic rings. The molecule has 1 amide bonds. The minimum atomic E-state index is 0.0448. The molecule has 0 atom stereocenters. The fourth-order valence-electron chi connectivity index (χ4n) is 4.48. The van der Waals surface area contributed by atoms with E-state index in [2.05, 4.69) is 17.0 Å². The van der Waals surface area contributed by atoms with Crippen molar-refractivity contribution in [3.05, 3.63) is 89.5 Å². The molecule has 3 aromatic carbocycles. The standard InChI is InChI=1S/C28H32N2O3/c1-21-8-10-22(11-9-21)28(31)30(24-12-14-26(32-2)15-13-24)25-16-18-29(19-17-25)20-23-6-4-5-7-27(23)33-3/h4-15,25H,16-20H2,1-3H3. The van der Waals surface area contributed by atoms with E-state index in [1.54, 1.807) is 14.2 Å². The fraction of sp³-hybridized carbons (Fsp3) is 0.321. The molecule has 0 unspecified atom stereocenters. The third-order valence-electron chi connectivity index (χ3n) is 6.38. The van der Waals surface area contributed by atoms with Gasteiger partial charge in [0, 0.05) is 42.5 Å². The third kappa shape index (κ3) is 5.37. The van der Waals surface area contributed by atoms with E-state index in [0.29, 0.717) is 5.56 Å². The Morgan fingerprint density at radius 3 is 2.21 bits per heavy atom. The van der Waals surface area contributed by atoms with Gasteiger partial charge in [0.05, 0.1) is 14.2 Å². The topological polar surface area (TPSA) is 42.0 Å². The molecule has 33 heavy (non-hydrogen) atoms. The monoisotopic (exact) mass is 444 g/mol. The van der Waals surface area contributed by atoms with Crippen LogP contribution in [0, 0.1) is 6.92 Å². The summed E-state index contributed by atoms with van der Waals surface area (Å²) in [4.78, 5) is 18.0. The summed E-state index contributed by atoms with van der Waals surface area (Å²) in [6.07, 6.45) is 1.83. The van der Waals surface area contributed by atoms with E-state index >= 15 is 0 Å². The minimum absolute atomic E-state index is 0.0448. The van der Waals surface area contributed by atoms with Crippen LogP contribution in [-0.4, -0.2) is 44.2 Å². The minimum Gasteiger partial charge on any atom is -0.497 e. The quantitative estimate of drug-likeness (QED) is 0.494. The van der Waals surface area contributed by atoms with E-state index in [1.807, 2.05) is 72.5 Å². The van der Waals surface area contributed by atoms with Crippen molar-refractivity contribution in [1.82, 2.24) is 4.90 Å². The van der Waals surface area contributed by atoms with Gasteiger partial charge < -0.3 is 14.4 Å². The molecule has 4 rings (SSSR count). The summed E-state index contributed by atoms with van der Waals surface area (Å²) in [6.45, 7) is 4.74. The predicted octanol–water partition coefficient (Wildman–Crippen LogP) is 5.32. The molecule has 3 aromatic rings. The molecule has 1 aliphatic heterocycles. The van der Waals surface area contributed by atoms with E-state index in [0.717, 1.165) is 55.2 Å². The second-order valence-corrected chi connectivity index (χ2v) is 8.56. The van der Waals surface area contributed by atoms with Gasteiger partial charge in [0.1, 0.15) is 11.5 Å². The molecule has 0 aliphatic carbocycles. The van der Waals surface area contributed by atoms with Crippen LogP contribution in [0.25, 0.3) is 0 Å². The number of rotatable bonds is 7. The lowest BCUT2D eigenvalue weighted by Crippen LogP contribution is -2.47.